The zero-order chi connectivity index (χ0) is 14.4. The molecule has 0 aliphatic rings. The van der Waals surface area contributed by atoms with Crippen molar-refractivity contribution in [2.24, 2.45) is 0 Å². The first-order valence-electron chi connectivity index (χ1n) is 6.38. The molecule has 1 aromatic heterocycles. The second-order valence-electron chi connectivity index (χ2n) is 4.13. The summed E-state index contributed by atoms with van der Waals surface area (Å²) in [4.78, 5) is 1.06. The maximum Gasteiger partial charge on any atom is 0.250 e. The molecule has 0 saturated carbocycles. The van der Waals surface area contributed by atoms with Crippen molar-refractivity contribution in [2.45, 2.75) is 17.6 Å². The van der Waals surface area contributed by atoms with Crippen LogP contribution in [-0.4, -0.2) is 21.6 Å². The molecule has 0 fully saturated rings. The van der Waals surface area contributed by atoms with Gasteiger partial charge in [-0.05, 0) is 30.7 Å². The Labute approximate surface area is 123 Å². The van der Waals surface area contributed by atoms with Gasteiger partial charge in [-0.2, -0.15) is 0 Å². The summed E-state index contributed by atoms with van der Waals surface area (Å²) >= 11 is 1.30. The first-order valence-corrected chi connectivity index (χ1v) is 8.68. The second-order valence-corrected chi connectivity index (χ2v) is 7.30. The van der Waals surface area contributed by atoms with E-state index in [1.165, 1.54) is 11.3 Å². The molecular weight excluding hydrogens is 294 g/mol. The number of benzene rings is 1. The van der Waals surface area contributed by atoms with Gasteiger partial charge in [-0.1, -0.05) is 25.1 Å². The molecule has 1 aromatic carbocycles. The van der Waals surface area contributed by atoms with E-state index >= 15 is 0 Å². The highest BCUT2D eigenvalue weighted by atomic mass is 32.2. The van der Waals surface area contributed by atoms with E-state index in [1.54, 1.807) is 6.07 Å². The van der Waals surface area contributed by atoms with Crippen LogP contribution in [0.3, 0.4) is 0 Å². The molecule has 0 unspecified atom stereocenters. The fourth-order valence-electron chi connectivity index (χ4n) is 1.63. The van der Waals surface area contributed by atoms with Crippen molar-refractivity contribution in [1.82, 2.24) is 4.72 Å². The van der Waals surface area contributed by atoms with Crippen LogP contribution in [0.4, 0.5) is 0 Å². The van der Waals surface area contributed by atoms with Crippen LogP contribution in [0.25, 0.3) is 0 Å². The monoisotopic (exact) mass is 311 g/mol. The number of sulfonamides is 1. The number of hydrogen-bond acceptors (Lipinski definition) is 4. The molecular formula is C14H17NO3S2. The normalized spacial score (nSPS) is 11.4. The van der Waals surface area contributed by atoms with E-state index in [2.05, 4.69) is 4.72 Å². The van der Waals surface area contributed by atoms with Crippen molar-refractivity contribution >= 4 is 21.4 Å². The van der Waals surface area contributed by atoms with Crippen LogP contribution in [0, 0.1) is 0 Å². The minimum atomic E-state index is -3.42. The van der Waals surface area contributed by atoms with E-state index in [9.17, 15) is 8.42 Å². The number of para-hydroxylation sites is 1. The molecule has 0 aliphatic carbocycles. The maximum absolute atomic E-state index is 12.0. The predicted molar refractivity (Wildman–Crippen MR) is 80.8 cm³/mol. The van der Waals surface area contributed by atoms with Crippen molar-refractivity contribution in [2.75, 3.05) is 13.2 Å². The lowest BCUT2D eigenvalue weighted by Crippen LogP contribution is -2.27. The summed E-state index contributed by atoms with van der Waals surface area (Å²) in [7, 11) is -3.42. The van der Waals surface area contributed by atoms with Gasteiger partial charge in [0.1, 0.15) is 16.6 Å². The van der Waals surface area contributed by atoms with Gasteiger partial charge in [-0.15, -0.1) is 11.3 Å². The second kappa shape index (κ2) is 6.88. The maximum atomic E-state index is 12.0. The molecule has 0 aliphatic heterocycles. The Kier molecular flexibility index (Phi) is 5.17. The highest BCUT2D eigenvalue weighted by Gasteiger charge is 2.15. The minimum absolute atomic E-state index is 0.247. The van der Waals surface area contributed by atoms with E-state index in [-0.39, 0.29) is 6.54 Å². The highest BCUT2D eigenvalue weighted by molar-refractivity contribution is 7.91. The number of hydrogen-bond donors (Lipinski definition) is 1. The van der Waals surface area contributed by atoms with Crippen LogP contribution >= 0.6 is 11.3 Å². The number of rotatable bonds is 7. The molecule has 20 heavy (non-hydrogen) atoms. The van der Waals surface area contributed by atoms with Gasteiger partial charge in [0.25, 0.3) is 0 Å². The quantitative estimate of drug-likeness (QED) is 0.800. The summed E-state index contributed by atoms with van der Waals surface area (Å²) in [6, 6.07) is 12.8. The molecule has 108 valence electrons. The Hall–Kier alpha value is -1.37. The average molecular weight is 311 g/mol. The van der Waals surface area contributed by atoms with E-state index in [0.717, 1.165) is 17.0 Å². The summed E-state index contributed by atoms with van der Waals surface area (Å²) in [5.41, 5.74) is 0. The van der Waals surface area contributed by atoms with Crippen LogP contribution in [0.1, 0.15) is 11.8 Å². The van der Waals surface area contributed by atoms with Crippen molar-refractivity contribution < 1.29 is 13.2 Å². The third-order valence-corrected chi connectivity index (χ3v) is 5.84. The lowest BCUT2D eigenvalue weighted by Gasteiger charge is -2.07. The lowest BCUT2D eigenvalue weighted by molar-refractivity contribution is 0.323. The lowest BCUT2D eigenvalue weighted by atomic mass is 10.3. The van der Waals surface area contributed by atoms with Gasteiger partial charge in [0, 0.05) is 11.4 Å². The molecule has 6 heteroatoms. The topological polar surface area (TPSA) is 55.4 Å². The van der Waals surface area contributed by atoms with Crippen LogP contribution < -0.4 is 9.46 Å². The molecule has 2 aromatic rings. The van der Waals surface area contributed by atoms with Crippen molar-refractivity contribution in [1.29, 1.82) is 0 Å². The van der Waals surface area contributed by atoms with Crippen LogP contribution in [-0.2, 0) is 16.4 Å². The highest BCUT2D eigenvalue weighted by Crippen LogP contribution is 2.21. The number of aryl methyl sites for hydroxylation is 1. The van der Waals surface area contributed by atoms with Gasteiger partial charge in [-0.3, -0.25) is 0 Å². The van der Waals surface area contributed by atoms with Gasteiger partial charge in [0.05, 0.1) is 0 Å². The Morgan fingerprint density at radius 3 is 2.55 bits per heavy atom. The summed E-state index contributed by atoms with van der Waals surface area (Å²) in [6.07, 6.45) is 0.845. The van der Waals surface area contributed by atoms with E-state index in [4.69, 9.17) is 4.74 Å². The molecule has 0 radical (unpaired) electrons. The number of thiophene rings is 1. The number of nitrogens with one attached hydrogen (secondary N) is 1. The van der Waals surface area contributed by atoms with Gasteiger partial charge in [-0.25, -0.2) is 13.1 Å². The van der Waals surface area contributed by atoms with Crippen LogP contribution in [0.5, 0.6) is 5.75 Å². The Morgan fingerprint density at radius 1 is 1.15 bits per heavy atom. The summed E-state index contributed by atoms with van der Waals surface area (Å²) in [5.74, 6) is 0.732. The zero-order valence-corrected chi connectivity index (χ0v) is 12.8. The van der Waals surface area contributed by atoms with Crippen molar-refractivity contribution in [3.05, 3.63) is 47.3 Å². The van der Waals surface area contributed by atoms with E-state index in [0.29, 0.717) is 10.8 Å². The fourth-order valence-corrected chi connectivity index (χ4v) is 3.98. The zero-order valence-electron chi connectivity index (χ0n) is 11.2. The molecule has 2 rings (SSSR count). The third kappa shape index (κ3) is 4.06. The molecule has 0 bridgehead atoms. The molecule has 0 saturated heterocycles. The summed E-state index contributed by atoms with van der Waals surface area (Å²) in [5, 5.41) is 0. The molecule has 0 spiro atoms. The molecule has 0 amide bonds. The van der Waals surface area contributed by atoms with Crippen LogP contribution in [0.2, 0.25) is 0 Å². The molecule has 1 N–H and O–H groups in total. The van der Waals surface area contributed by atoms with E-state index in [1.807, 2.05) is 43.3 Å². The average Bonchev–Trinajstić information content (AvgIpc) is 2.95. The van der Waals surface area contributed by atoms with Crippen LogP contribution in [0.15, 0.2) is 46.7 Å². The van der Waals surface area contributed by atoms with Gasteiger partial charge >= 0.3 is 0 Å². The minimum Gasteiger partial charge on any atom is -0.492 e. The SMILES string of the molecule is CCc1ccc(S(=O)(=O)NCCOc2ccccc2)s1. The smallest absolute Gasteiger partial charge is 0.250 e. The summed E-state index contributed by atoms with van der Waals surface area (Å²) in [6.45, 7) is 2.55. The Bertz CT molecular complexity index is 635. The van der Waals surface area contributed by atoms with Gasteiger partial charge in [0.2, 0.25) is 10.0 Å². The fraction of sp³-hybridized carbons (Fsp3) is 0.286. The van der Waals surface area contributed by atoms with Crippen molar-refractivity contribution in [3.8, 4) is 5.75 Å². The Balaban J connectivity index is 1.84. The third-order valence-electron chi connectivity index (χ3n) is 2.66. The molecule has 0 atom stereocenters. The largest absolute Gasteiger partial charge is 0.492 e. The number of ether oxygens (including phenoxy) is 1. The van der Waals surface area contributed by atoms with E-state index < -0.39 is 10.0 Å². The standard InChI is InChI=1S/C14H17NO3S2/c1-2-13-8-9-14(19-13)20(16,17)15-10-11-18-12-6-4-3-5-7-12/h3-9,15H,2,10-11H2,1H3. The Morgan fingerprint density at radius 2 is 1.90 bits per heavy atom. The van der Waals surface area contributed by atoms with Crippen molar-refractivity contribution in [3.63, 3.8) is 0 Å². The summed E-state index contributed by atoms with van der Waals surface area (Å²) < 4.78 is 32.4. The predicted octanol–water partition coefficient (Wildman–Crippen LogP) is 2.67. The van der Waals surface area contributed by atoms with Gasteiger partial charge < -0.3 is 4.74 Å². The molecule has 1 heterocycles. The van der Waals surface area contributed by atoms with Gasteiger partial charge in [0.15, 0.2) is 0 Å². The first kappa shape index (κ1) is 15.0. The first-order chi connectivity index (χ1) is 9.62. The molecule has 4 nitrogen and oxygen atoms in total.